The molecule has 0 aliphatic carbocycles. The number of methoxy groups -OCH3 is 1. The smallest absolute Gasteiger partial charge is 0.207 e. The van der Waals surface area contributed by atoms with E-state index >= 15 is 0 Å². The van der Waals surface area contributed by atoms with Crippen molar-refractivity contribution < 1.29 is 14.2 Å². The van der Waals surface area contributed by atoms with Gasteiger partial charge >= 0.3 is 0 Å². The predicted molar refractivity (Wildman–Crippen MR) is 68.7 cm³/mol. The minimum atomic E-state index is -0.262. The topological polar surface area (TPSA) is 43.8 Å². The molecule has 0 radical (unpaired) electrons. The van der Waals surface area contributed by atoms with Gasteiger partial charge in [-0.15, -0.1) is 11.3 Å². The van der Waals surface area contributed by atoms with Gasteiger partial charge in [0.25, 0.3) is 0 Å². The van der Waals surface area contributed by atoms with Crippen molar-refractivity contribution in [2.75, 3.05) is 25.1 Å². The van der Waals surface area contributed by atoms with Crippen LogP contribution in [0.1, 0.15) is 31.7 Å². The Balaban J connectivity index is 1.60. The first-order chi connectivity index (χ1) is 8.76. The fourth-order valence-electron chi connectivity index (χ4n) is 2.31. The summed E-state index contributed by atoms with van der Waals surface area (Å²) in [4.78, 5) is 6.91. The zero-order valence-electron chi connectivity index (χ0n) is 10.7. The molecule has 3 rings (SSSR count). The van der Waals surface area contributed by atoms with Gasteiger partial charge in [0.1, 0.15) is 5.69 Å². The van der Waals surface area contributed by atoms with Gasteiger partial charge in [0.2, 0.25) is 6.29 Å². The van der Waals surface area contributed by atoms with Crippen LogP contribution >= 0.6 is 11.3 Å². The van der Waals surface area contributed by atoms with Gasteiger partial charge in [-0.25, -0.2) is 4.98 Å². The molecule has 100 valence electrons. The second kappa shape index (κ2) is 5.13. The number of anilines is 1. The quantitative estimate of drug-likeness (QED) is 0.842. The number of rotatable bonds is 3. The number of piperidine rings is 1. The Kier molecular flexibility index (Phi) is 3.52. The Labute approximate surface area is 111 Å². The third kappa shape index (κ3) is 2.38. The maximum atomic E-state index is 5.44. The first-order valence-electron chi connectivity index (χ1n) is 6.30. The van der Waals surface area contributed by atoms with Gasteiger partial charge in [-0.3, -0.25) is 0 Å². The first kappa shape index (κ1) is 12.3. The van der Waals surface area contributed by atoms with E-state index < -0.39 is 0 Å². The van der Waals surface area contributed by atoms with Crippen molar-refractivity contribution in [2.24, 2.45) is 0 Å². The van der Waals surface area contributed by atoms with Gasteiger partial charge in [0, 0.05) is 25.6 Å². The van der Waals surface area contributed by atoms with Crippen molar-refractivity contribution in [2.45, 2.75) is 38.4 Å². The van der Waals surface area contributed by atoms with Gasteiger partial charge < -0.3 is 19.1 Å². The fraction of sp³-hybridized carbons (Fsp3) is 0.750. The third-order valence-electron chi connectivity index (χ3n) is 3.43. The van der Waals surface area contributed by atoms with Gasteiger partial charge in [-0.05, 0) is 19.8 Å². The molecule has 2 aliphatic rings. The number of thiazole rings is 1. The highest BCUT2D eigenvalue weighted by atomic mass is 32.1. The van der Waals surface area contributed by atoms with Crippen LogP contribution in [0.25, 0.3) is 0 Å². The molecule has 0 bridgehead atoms. The van der Waals surface area contributed by atoms with Crippen LogP contribution in [-0.2, 0) is 14.2 Å². The first-order valence-corrected chi connectivity index (χ1v) is 7.18. The standard InChI is InChI=1S/C12H18N2O3S/c1-8-16-11(17-8)10-7-18-12(13-10)14-5-3-9(15-2)4-6-14/h7-9,11H,3-6H2,1-2H3. The Morgan fingerprint density at radius 2 is 2.11 bits per heavy atom. The summed E-state index contributed by atoms with van der Waals surface area (Å²) in [5, 5.41) is 3.08. The minimum absolute atomic E-state index is 0.0994. The van der Waals surface area contributed by atoms with Gasteiger partial charge in [-0.1, -0.05) is 0 Å². The molecule has 2 saturated heterocycles. The second-order valence-corrected chi connectivity index (χ2v) is 5.49. The molecule has 5 nitrogen and oxygen atoms in total. The lowest BCUT2D eigenvalue weighted by Crippen LogP contribution is -2.36. The van der Waals surface area contributed by atoms with Gasteiger partial charge in [-0.2, -0.15) is 0 Å². The van der Waals surface area contributed by atoms with Crippen molar-refractivity contribution in [3.63, 3.8) is 0 Å². The van der Waals surface area contributed by atoms with Crippen LogP contribution in [0.4, 0.5) is 5.13 Å². The molecule has 1 aromatic rings. The SMILES string of the molecule is COC1CCN(c2nc(C3OC(C)O3)cs2)CC1. The number of hydrogen-bond donors (Lipinski definition) is 0. The monoisotopic (exact) mass is 270 g/mol. The third-order valence-corrected chi connectivity index (χ3v) is 4.35. The lowest BCUT2D eigenvalue weighted by Gasteiger charge is -2.33. The number of aromatic nitrogens is 1. The molecule has 0 unspecified atom stereocenters. The zero-order valence-corrected chi connectivity index (χ0v) is 11.5. The van der Waals surface area contributed by atoms with Crippen LogP contribution in [0.3, 0.4) is 0 Å². The van der Waals surface area contributed by atoms with Crippen molar-refractivity contribution in [1.29, 1.82) is 0 Å². The van der Waals surface area contributed by atoms with E-state index in [9.17, 15) is 0 Å². The Morgan fingerprint density at radius 1 is 1.39 bits per heavy atom. The van der Waals surface area contributed by atoms with Gasteiger partial charge in [0.05, 0.1) is 6.10 Å². The maximum Gasteiger partial charge on any atom is 0.207 e. The molecule has 0 spiro atoms. The van der Waals surface area contributed by atoms with Crippen molar-refractivity contribution in [3.8, 4) is 0 Å². The largest absolute Gasteiger partial charge is 0.381 e. The molecule has 0 N–H and O–H groups in total. The highest BCUT2D eigenvalue weighted by molar-refractivity contribution is 7.13. The summed E-state index contributed by atoms with van der Waals surface area (Å²) < 4.78 is 16.3. The van der Waals surface area contributed by atoms with E-state index in [2.05, 4.69) is 9.88 Å². The summed E-state index contributed by atoms with van der Waals surface area (Å²) >= 11 is 1.66. The van der Waals surface area contributed by atoms with Crippen LogP contribution < -0.4 is 4.90 Å². The normalized spacial score (nSPS) is 29.3. The van der Waals surface area contributed by atoms with Crippen molar-refractivity contribution >= 4 is 16.5 Å². The minimum Gasteiger partial charge on any atom is -0.381 e. The molecule has 0 atom stereocenters. The van der Waals surface area contributed by atoms with E-state index in [0.717, 1.165) is 36.8 Å². The average molecular weight is 270 g/mol. The van der Waals surface area contributed by atoms with Crippen LogP contribution in [-0.4, -0.2) is 37.6 Å². The molecular weight excluding hydrogens is 252 g/mol. The average Bonchev–Trinajstić information content (AvgIpc) is 2.84. The molecule has 0 aromatic carbocycles. The summed E-state index contributed by atoms with van der Waals surface area (Å²) in [5.41, 5.74) is 0.891. The molecule has 18 heavy (non-hydrogen) atoms. The van der Waals surface area contributed by atoms with Crippen molar-refractivity contribution in [3.05, 3.63) is 11.1 Å². The number of ether oxygens (including phenoxy) is 3. The fourth-order valence-corrected chi connectivity index (χ4v) is 3.19. The van der Waals surface area contributed by atoms with Crippen molar-refractivity contribution in [1.82, 2.24) is 4.98 Å². The lowest BCUT2D eigenvalue weighted by molar-refractivity contribution is -0.383. The highest BCUT2D eigenvalue weighted by Gasteiger charge is 2.31. The molecular formula is C12H18N2O3S. The van der Waals surface area contributed by atoms with E-state index in [1.54, 1.807) is 18.4 Å². The lowest BCUT2D eigenvalue weighted by atomic mass is 10.1. The van der Waals surface area contributed by atoms with E-state index in [1.807, 2.05) is 12.3 Å². The maximum absolute atomic E-state index is 5.44. The van der Waals surface area contributed by atoms with Crippen LogP contribution in [0.5, 0.6) is 0 Å². The van der Waals surface area contributed by atoms with Crippen LogP contribution in [0.15, 0.2) is 5.38 Å². The molecule has 0 amide bonds. The summed E-state index contributed by atoms with van der Waals surface area (Å²) in [6, 6.07) is 0. The van der Waals surface area contributed by atoms with Crippen LogP contribution in [0, 0.1) is 0 Å². The Morgan fingerprint density at radius 3 is 2.72 bits per heavy atom. The predicted octanol–water partition coefficient (Wildman–Crippen LogP) is 2.15. The Bertz CT molecular complexity index is 398. The number of hydrogen-bond acceptors (Lipinski definition) is 6. The van der Waals surface area contributed by atoms with E-state index in [1.165, 1.54) is 0 Å². The summed E-state index contributed by atoms with van der Waals surface area (Å²) in [5.74, 6) is 0. The Hall–Kier alpha value is -0.690. The van der Waals surface area contributed by atoms with Gasteiger partial charge in [0.15, 0.2) is 11.4 Å². The van der Waals surface area contributed by atoms with E-state index in [-0.39, 0.29) is 12.6 Å². The highest BCUT2D eigenvalue weighted by Crippen LogP contribution is 2.34. The number of nitrogens with zero attached hydrogens (tertiary/aromatic N) is 2. The zero-order chi connectivity index (χ0) is 12.5. The summed E-state index contributed by atoms with van der Waals surface area (Å²) in [6.07, 6.45) is 2.18. The molecule has 1 aromatic heterocycles. The van der Waals surface area contributed by atoms with E-state index in [4.69, 9.17) is 14.2 Å². The summed E-state index contributed by atoms with van der Waals surface area (Å²) in [7, 11) is 1.79. The van der Waals surface area contributed by atoms with Crippen LogP contribution in [0.2, 0.25) is 0 Å². The molecule has 3 heterocycles. The summed E-state index contributed by atoms with van der Waals surface area (Å²) in [6.45, 7) is 3.90. The molecule has 0 saturated carbocycles. The molecule has 2 fully saturated rings. The van der Waals surface area contributed by atoms with E-state index in [0.29, 0.717) is 6.10 Å². The molecule has 6 heteroatoms. The molecule has 2 aliphatic heterocycles. The second-order valence-electron chi connectivity index (χ2n) is 4.65.